The zero-order chi connectivity index (χ0) is 26.2. The van der Waals surface area contributed by atoms with Crippen molar-refractivity contribution >= 4 is 40.7 Å². The molecule has 0 aliphatic carbocycles. The van der Waals surface area contributed by atoms with Gasteiger partial charge in [0.1, 0.15) is 5.69 Å². The number of hydrogen-bond donors (Lipinski definition) is 1. The van der Waals surface area contributed by atoms with Gasteiger partial charge < -0.3 is 14.9 Å². The molecular formula is C24H25ClF3N3O4S. The standard InChI is InChI=1S/C24H25ClF3N3O4S/c1-2-5-16-13(21(32)31-11-8-17-14(12-18(25)36-17)20(31)23(34)35)6-4-10-30(16)22(33)19-15(24(26,27)28)7-3-9-29-19/h3,7,9,12-13,16,20H,2,4-6,8,10-11H2,1H3,(H,34,35)/t13-,16-,20?/m1/s1. The molecule has 1 fully saturated rings. The van der Waals surface area contributed by atoms with Gasteiger partial charge in [-0.3, -0.25) is 14.6 Å². The number of carboxylic acids is 1. The van der Waals surface area contributed by atoms with E-state index in [0.717, 1.165) is 23.2 Å². The highest BCUT2D eigenvalue weighted by Gasteiger charge is 2.46. The van der Waals surface area contributed by atoms with Gasteiger partial charge in [-0.2, -0.15) is 13.2 Å². The Morgan fingerprint density at radius 3 is 2.67 bits per heavy atom. The van der Waals surface area contributed by atoms with E-state index in [1.54, 1.807) is 6.07 Å². The number of carboxylic acid groups (broad SMARTS) is 1. The molecule has 4 rings (SSSR count). The first kappa shape index (κ1) is 26.4. The number of pyridine rings is 1. The van der Waals surface area contributed by atoms with Gasteiger partial charge in [0.25, 0.3) is 5.91 Å². The van der Waals surface area contributed by atoms with Gasteiger partial charge in [0.05, 0.1) is 15.8 Å². The lowest BCUT2D eigenvalue weighted by Crippen LogP contribution is -2.55. The quantitative estimate of drug-likeness (QED) is 0.570. The fourth-order valence-corrected chi connectivity index (χ4v) is 6.56. The van der Waals surface area contributed by atoms with Crippen LogP contribution in [0.25, 0.3) is 0 Å². The van der Waals surface area contributed by atoms with Crippen LogP contribution in [0.5, 0.6) is 0 Å². The van der Waals surface area contributed by atoms with Crippen molar-refractivity contribution in [3.63, 3.8) is 0 Å². The number of rotatable bonds is 5. The summed E-state index contributed by atoms with van der Waals surface area (Å²) in [5.74, 6) is -3.21. The Morgan fingerprint density at radius 1 is 1.25 bits per heavy atom. The summed E-state index contributed by atoms with van der Waals surface area (Å²) in [6.45, 7) is 2.23. The largest absolute Gasteiger partial charge is 0.479 e. The Hall–Kier alpha value is -2.66. The van der Waals surface area contributed by atoms with Gasteiger partial charge in [-0.05, 0) is 43.9 Å². The number of carbonyl (C=O) groups is 3. The number of thiophene rings is 1. The molecule has 0 radical (unpaired) electrons. The molecule has 2 aromatic heterocycles. The maximum atomic E-state index is 13.8. The molecule has 2 amide bonds. The molecule has 0 bridgehead atoms. The predicted octanol–water partition coefficient (Wildman–Crippen LogP) is 5.05. The minimum absolute atomic E-state index is 0.182. The van der Waals surface area contributed by atoms with Gasteiger partial charge in [-0.25, -0.2) is 4.79 Å². The van der Waals surface area contributed by atoms with Crippen molar-refractivity contribution < 1.29 is 32.7 Å². The van der Waals surface area contributed by atoms with Crippen molar-refractivity contribution in [3.05, 3.63) is 50.4 Å². The molecule has 2 aliphatic rings. The van der Waals surface area contributed by atoms with Gasteiger partial charge in [-0.1, -0.05) is 24.9 Å². The van der Waals surface area contributed by atoms with E-state index in [2.05, 4.69) is 4.98 Å². The van der Waals surface area contributed by atoms with Gasteiger partial charge in [0, 0.05) is 35.8 Å². The molecule has 1 unspecified atom stereocenters. The van der Waals surface area contributed by atoms with Crippen LogP contribution >= 0.6 is 22.9 Å². The third kappa shape index (κ3) is 4.95. The smallest absolute Gasteiger partial charge is 0.418 e. The van der Waals surface area contributed by atoms with E-state index >= 15 is 0 Å². The molecule has 2 aliphatic heterocycles. The summed E-state index contributed by atoms with van der Waals surface area (Å²) in [5.41, 5.74) is -1.34. The van der Waals surface area contributed by atoms with Crippen molar-refractivity contribution in [3.8, 4) is 0 Å². The average Bonchev–Trinajstić information content (AvgIpc) is 3.22. The minimum Gasteiger partial charge on any atom is -0.479 e. The van der Waals surface area contributed by atoms with Crippen molar-refractivity contribution in [2.75, 3.05) is 13.1 Å². The van der Waals surface area contributed by atoms with Crippen molar-refractivity contribution in [2.24, 2.45) is 5.92 Å². The van der Waals surface area contributed by atoms with E-state index in [1.807, 2.05) is 6.92 Å². The number of amides is 2. The number of piperidine rings is 1. The zero-order valence-electron chi connectivity index (χ0n) is 19.4. The molecule has 0 aromatic carbocycles. The molecule has 1 saturated heterocycles. The summed E-state index contributed by atoms with van der Waals surface area (Å²) in [7, 11) is 0. The lowest BCUT2D eigenvalue weighted by atomic mass is 9.83. The van der Waals surface area contributed by atoms with Gasteiger partial charge >= 0.3 is 12.1 Å². The number of alkyl halides is 3. The monoisotopic (exact) mass is 543 g/mol. The third-order valence-corrected chi connectivity index (χ3v) is 8.11. The molecule has 2 aromatic rings. The van der Waals surface area contributed by atoms with Crippen LogP contribution in [0.4, 0.5) is 13.2 Å². The van der Waals surface area contributed by atoms with Crippen LogP contribution in [0, 0.1) is 5.92 Å². The highest BCUT2D eigenvalue weighted by Crippen LogP contribution is 2.40. The molecule has 194 valence electrons. The highest BCUT2D eigenvalue weighted by atomic mass is 35.5. The van der Waals surface area contributed by atoms with Crippen LogP contribution in [0.2, 0.25) is 4.34 Å². The molecule has 12 heteroatoms. The normalized spacial score (nSPS) is 22.3. The molecule has 0 saturated carbocycles. The Bertz CT molecular complexity index is 1170. The molecule has 3 atom stereocenters. The fourth-order valence-electron chi connectivity index (χ4n) is 5.26. The number of aliphatic carboxylic acids is 1. The lowest BCUT2D eigenvalue weighted by molar-refractivity contribution is -0.154. The number of nitrogens with zero attached hydrogens (tertiary/aromatic N) is 3. The predicted molar refractivity (Wildman–Crippen MR) is 127 cm³/mol. The van der Waals surface area contributed by atoms with Crippen LogP contribution in [0.3, 0.4) is 0 Å². The Kier molecular flexibility index (Phi) is 7.61. The Balaban J connectivity index is 1.66. The summed E-state index contributed by atoms with van der Waals surface area (Å²) >= 11 is 7.40. The van der Waals surface area contributed by atoms with Crippen LogP contribution < -0.4 is 0 Å². The summed E-state index contributed by atoms with van der Waals surface area (Å²) < 4.78 is 41.2. The second-order valence-corrected chi connectivity index (χ2v) is 10.7. The second kappa shape index (κ2) is 10.4. The lowest BCUT2D eigenvalue weighted by Gasteiger charge is -2.44. The first-order chi connectivity index (χ1) is 17.0. The molecule has 4 heterocycles. The van der Waals surface area contributed by atoms with Gasteiger partial charge in [0.2, 0.25) is 5.91 Å². The maximum absolute atomic E-state index is 13.8. The van der Waals surface area contributed by atoms with E-state index in [0.29, 0.717) is 42.0 Å². The molecule has 7 nitrogen and oxygen atoms in total. The van der Waals surface area contributed by atoms with Crippen LogP contribution in [-0.4, -0.2) is 56.8 Å². The molecule has 1 N–H and O–H groups in total. The number of fused-ring (bicyclic) bond motifs is 1. The Labute approximate surface area is 214 Å². The first-order valence-electron chi connectivity index (χ1n) is 11.7. The minimum atomic E-state index is -4.76. The van der Waals surface area contributed by atoms with Crippen molar-refractivity contribution in [1.82, 2.24) is 14.8 Å². The van der Waals surface area contributed by atoms with Crippen LogP contribution in [0.15, 0.2) is 24.4 Å². The van der Waals surface area contributed by atoms with E-state index < -0.39 is 53.2 Å². The number of hydrogen-bond acceptors (Lipinski definition) is 5. The van der Waals surface area contributed by atoms with E-state index in [4.69, 9.17) is 11.6 Å². The van der Waals surface area contributed by atoms with Crippen molar-refractivity contribution in [1.29, 1.82) is 0 Å². The van der Waals surface area contributed by atoms with Crippen molar-refractivity contribution in [2.45, 2.75) is 57.3 Å². The van der Waals surface area contributed by atoms with E-state index in [1.165, 1.54) is 21.1 Å². The Morgan fingerprint density at radius 2 is 2.00 bits per heavy atom. The van der Waals surface area contributed by atoms with Crippen LogP contribution in [0.1, 0.15) is 65.1 Å². The van der Waals surface area contributed by atoms with Gasteiger partial charge in [-0.15, -0.1) is 11.3 Å². The average molecular weight is 544 g/mol. The zero-order valence-corrected chi connectivity index (χ0v) is 21.0. The molecule has 0 spiro atoms. The molecule has 36 heavy (non-hydrogen) atoms. The topological polar surface area (TPSA) is 90.8 Å². The number of likely N-dealkylation sites (tertiary alicyclic amines) is 1. The fraction of sp³-hybridized carbons (Fsp3) is 0.500. The molecular weight excluding hydrogens is 519 g/mol. The summed E-state index contributed by atoms with van der Waals surface area (Å²) in [6, 6.07) is 1.63. The summed E-state index contributed by atoms with van der Waals surface area (Å²) in [4.78, 5) is 46.6. The summed E-state index contributed by atoms with van der Waals surface area (Å²) in [5, 5.41) is 9.97. The number of halogens is 4. The first-order valence-corrected chi connectivity index (χ1v) is 12.9. The van der Waals surface area contributed by atoms with E-state index in [-0.39, 0.29) is 13.1 Å². The number of aromatic nitrogens is 1. The van der Waals surface area contributed by atoms with E-state index in [9.17, 15) is 32.7 Å². The maximum Gasteiger partial charge on any atom is 0.418 e. The SMILES string of the molecule is CCC[C@@H]1[C@H](C(=O)N2CCc3sc(Cl)cc3C2C(=O)O)CCCN1C(=O)c1ncccc1C(F)(F)F. The summed E-state index contributed by atoms with van der Waals surface area (Å²) in [6.07, 6.45) is -1.39. The third-order valence-electron chi connectivity index (χ3n) is 6.77. The van der Waals surface area contributed by atoms with Crippen LogP contribution in [-0.2, 0) is 22.2 Å². The highest BCUT2D eigenvalue weighted by molar-refractivity contribution is 7.16. The van der Waals surface area contributed by atoms with Gasteiger partial charge in [0.15, 0.2) is 6.04 Å². The number of carbonyl (C=O) groups excluding carboxylic acids is 2. The second-order valence-electron chi connectivity index (χ2n) is 8.95.